The summed E-state index contributed by atoms with van der Waals surface area (Å²) in [6, 6.07) is 3.05. The summed E-state index contributed by atoms with van der Waals surface area (Å²) in [5.41, 5.74) is 2.07. The molecule has 4 rings (SSSR count). The van der Waals surface area contributed by atoms with E-state index in [4.69, 9.17) is 4.74 Å². The molecule has 0 bridgehead atoms. The van der Waals surface area contributed by atoms with Crippen LogP contribution in [-0.2, 0) is 17.5 Å². The van der Waals surface area contributed by atoms with Gasteiger partial charge in [-0.15, -0.1) is 0 Å². The number of hydrogen-bond donors (Lipinski definition) is 1. The molecule has 4 heterocycles. The SMILES string of the molecule is Cc1cc2c(c(NC3CCOCC3)n1)C(c1cc(C(F)(F)F)ncn1)=NC2. The first-order chi connectivity index (χ1) is 12.9. The highest BCUT2D eigenvalue weighted by Gasteiger charge is 2.34. The number of nitrogens with zero attached hydrogens (tertiary/aromatic N) is 4. The number of anilines is 1. The standard InChI is InChI=1S/C18H18F3N5O/c1-10-6-11-8-22-16(13-7-14(18(19,20)21)24-9-23-13)15(11)17(25-10)26-12-2-4-27-5-3-12/h6-7,9,12H,2-5,8H2,1H3,(H,25,26). The highest BCUT2D eigenvalue weighted by Crippen LogP contribution is 2.32. The molecule has 6 nitrogen and oxygen atoms in total. The lowest BCUT2D eigenvalue weighted by molar-refractivity contribution is -0.141. The Morgan fingerprint density at radius 2 is 1.93 bits per heavy atom. The van der Waals surface area contributed by atoms with Crippen molar-refractivity contribution in [3.8, 4) is 0 Å². The summed E-state index contributed by atoms with van der Waals surface area (Å²) in [5.74, 6) is 0.639. The zero-order valence-corrected chi connectivity index (χ0v) is 14.7. The topological polar surface area (TPSA) is 72.3 Å². The number of alkyl halides is 3. The first-order valence-corrected chi connectivity index (χ1v) is 8.71. The van der Waals surface area contributed by atoms with Crippen LogP contribution in [0.4, 0.5) is 19.0 Å². The van der Waals surface area contributed by atoms with Crippen LogP contribution in [0.3, 0.4) is 0 Å². The summed E-state index contributed by atoms with van der Waals surface area (Å²) >= 11 is 0. The minimum Gasteiger partial charge on any atom is -0.381 e. The molecule has 27 heavy (non-hydrogen) atoms. The molecule has 2 aliphatic rings. The Balaban J connectivity index is 1.72. The molecule has 0 unspecified atom stereocenters. The number of ether oxygens (including phenoxy) is 1. The lowest BCUT2D eigenvalue weighted by Crippen LogP contribution is -2.29. The van der Waals surface area contributed by atoms with Gasteiger partial charge in [0.15, 0.2) is 0 Å². The van der Waals surface area contributed by atoms with Crippen LogP contribution in [0, 0.1) is 6.92 Å². The summed E-state index contributed by atoms with van der Waals surface area (Å²) in [7, 11) is 0. The number of fused-ring (bicyclic) bond motifs is 1. The molecule has 0 spiro atoms. The Morgan fingerprint density at radius 3 is 2.67 bits per heavy atom. The Labute approximate surface area is 153 Å². The number of hydrogen-bond acceptors (Lipinski definition) is 6. The van der Waals surface area contributed by atoms with E-state index in [0.29, 0.717) is 31.3 Å². The highest BCUT2D eigenvalue weighted by molar-refractivity contribution is 6.16. The summed E-state index contributed by atoms with van der Waals surface area (Å²) < 4.78 is 44.5. The molecule has 1 N–H and O–H groups in total. The van der Waals surface area contributed by atoms with Crippen LogP contribution in [0.15, 0.2) is 23.5 Å². The highest BCUT2D eigenvalue weighted by atomic mass is 19.4. The van der Waals surface area contributed by atoms with Crippen molar-refractivity contribution in [3.05, 3.63) is 46.7 Å². The largest absolute Gasteiger partial charge is 0.433 e. The van der Waals surface area contributed by atoms with Gasteiger partial charge in [0.2, 0.25) is 0 Å². The van der Waals surface area contributed by atoms with Gasteiger partial charge in [-0.2, -0.15) is 13.2 Å². The van der Waals surface area contributed by atoms with Gasteiger partial charge in [0.05, 0.1) is 18.0 Å². The monoisotopic (exact) mass is 377 g/mol. The number of pyridine rings is 1. The number of nitrogens with one attached hydrogen (secondary N) is 1. The van der Waals surface area contributed by atoms with Gasteiger partial charge >= 0.3 is 6.18 Å². The smallest absolute Gasteiger partial charge is 0.381 e. The minimum absolute atomic E-state index is 0.150. The molecule has 0 aliphatic carbocycles. The Morgan fingerprint density at radius 1 is 1.15 bits per heavy atom. The average Bonchev–Trinajstić information content (AvgIpc) is 3.06. The molecule has 2 aromatic rings. The normalized spacial score (nSPS) is 17.6. The van der Waals surface area contributed by atoms with E-state index in [-0.39, 0.29) is 11.7 Å². The third kappa shape index (κ3) is 3.64. The second-order valence-electron chi connectivity index (χ2n) is 6.63. The van der Waals surface area contributed by atoms with Gasteiger partial charge in [0.1, 0.15) is 17.8 Å². The molecule has 0 aromatic carbocycles. The molecule has 2 aliphatic heterocycles. The van der Waals surface area contributed by atoms with Crippen molar-refractivity contribution in [1.82, 2.24) is 15.0 Å². The fourth-order valence-electron chi connectivity index (χ4n) is 3.36. The van der Waals surface area contributed by atoms with Gasteiger partial charge in [-0.1, -0.05) is 0 Å². The molecular formula is C18H18F3N5O. The Kier molecular flexibility index (Phi) is 4.55. The van der Waals surface area contributed by atoms with E-state index in [1.54, 1.807) is 0 Å². The van der Waals surface area contributed by atoms with Crippen molar-refractivity contribution in [3.63, 3.8) is 0 Å². The maximum atomic E-state index is 13.0. The molecule has 2 aromatic heterocycles. The van der Waals surface area contributed by atoms with Crippen LogP contribution in [0.2, 0.25) is 0 Å². The lowest BCUT2D eigenvalue weighted by Gasteiger charge is -2.25. The van der Waals surface area contributed by atoms with Crippen molar-refractivity contribution in [2.24, 2.45) is 4.99 Å². The molecule has 9 heteroatoms. The van der Waals surface area contributed by atoms with Crippen LogP contribution >= 0.6 is 0 Å². The van der Waals surface area contributed by atoms with Crippen LogP contribution in [0.25, 0.3) is 0 Å². The van der Waals surface area contributed by atoms with Crippen LogP contribution < -0.4 is 5.32 Å². The molecule has 1 saturated heterocycles. The van der Waals surface area contributed by atoms with Gasteiger partial charge in [-0.3, -0.25) is 4.99 Å². The number of aromatic nitrogens is 3. The zero-order valence-electron chi connectivity index (χ0n) is 14.7. The molecule has 1 fully saturated rings. The fourth-order valence-corrected chi connectivity index (χ4v) is 3.36. The molecule has 0 amide bonds. The Hall–Kier alpha value is -2.55. The van der Waals surface area contributed by atoms with Crippen LogP contribution in [-0.4, -0.2) is 39.9 Å². The van der Waals surface area contributed by atoms with Gasteiger partial charge < -0.3 is 10.1 Å². The number of aryl methyl sites for hydroxylation is 1. The van der Waals surface area contributed by atoms with Crippen molar-refractivity contribution < 1.29 is 17.9 Å². The maximum absolute atomic E-state index is 13.0. The van der Waals surface area contributed by atoms with Crippen molar-refractivity contribution in [2.75, 3.05) is 18.5 Å². The second-order valence-corrected chi connectivity index (χ2v) is 6.63. The maximum Gasteiger partial charge on any atom is 0.433 e. The molecule has 0 saturated carbocycles. The van der Waals surface area contributed by atoms with E-state index in [0.717, 1.165) is 42.1 Å². The van der Waals surface area contributed by atoms with Gasteiger partial charge in [-0.25, -0.2) is 15.0 Å². The van der Waals surface area contributed by atoms with Gasteiger partial charge in [0.25, 0.3) is 0 Å². The van der Waals surface area contributed by atoms with Crippen molar-refractivity contribution in [1.29, 1.82) is 0 Å². The molecule has 0 radical (unpaired) electrons. The van der Waals surface area contributed by atoms with Gasteiger partial charge in [0, 0.05) is 30.5 Å². The van der Waals surface area contributed by atoms with E-state index >= 15 is 0 Å². The fraction of sp³-hybridized carbons (Fsp3) is 0.444. The first-order valence-electron chi connectivity index (χ1n) is 8.71. The van der Waals surface area contributed by atoms with E-state index in [1.807, 2.05) is 13.0 Å². The predicted molar refractivity (Wildman–Crippen MR) is 92.8 cm³/mol. The molecule has 0 atom stereocenters. The van der Waals surface area contributed by atoms with E-state index in [9.17, 15) is 13.2 Å². The third-order valence-electron chi connectivity index (χ3n) is 4.64. The zero-order chi connectivity index (χ0) is 19.0. The minimum atomic E-state index is -4.53. The lowest BCUT2D eigenvalue weighted by atomic mass is 10.0. The molecular weight excluding hydrogens is 359 g/mol. The van der Waals surface area contributed by atoms with Crippen LogP contribution in [0.5, 0.6) is 0 Å². The summed E-state index contributed by atoms with van der Waals surface area (Å²) in [6.45, 7) is 3.63. The third-order valence-corrected chi connectivity index (χ3v) is 4.64. The number of aliphatic imine (C=N–C) groups is 1. The summed E-state index contributed by atoms with van der Waals surface area (Å²) in [4.78, 5) is 16.4. The van der Waals surface area contributed by atoms with Crippen LogP contribution in [0.1, 0.15) is 41.1 Å². The van der Waals surface area contributed by atoms with Crippen molar-refractivity contribution >= 4 is 11.5 Å². The molecule has 142 valence electrons. The number of rotatable bonds is 3. The Bertz CT molecular complexity index is 891. The predicted octanol–water partition coefficient (Wildman–Crippen LogP) is 3.14. The van der Waals surface area contributed by atoms with E-state index in [1.165, 1.54) is 0 Å². The summed E-state index contributed by atoms with van der Waals surface area (Å²) in [6.07, 6.45) is -1.91. The summed E-state index contributed by atoms with van der Waals surface area (Å²) in [5, 5.41) is 3.43. The van der Waals surface area contributed by atoms with Crippen molar-refractivity contribution in [2.45, 2.75) is 38.5 Å². The quantitative estimate of drug-likeness (QED) is 0.890. The second kappa shape index (κ2) is 6.88. The average molecular weight is 377 g/mol. The van der Waals surface area contributed by atoms with E-state index in [2.05, 4.69) is 25.3 Å². The number of halogens is 3. The first kappa shape index (κ1) is 17.8. The van der Waals surface area contributed by atoms with Gasteiger partial charge in [-0.05, 0) is 37.5 Å². The van der Waals surface area contributed by atoms with E-state index < -0.39 is 11.9 Å².